The first-order chi connectivity index (χ1) is 12.3. The lowest BCUT2D eigenvalue weighted by atomic mass is 10.2. The van der Waals surface area contributed by atoms with Crippen LogP contribution in [0.4, 0.5) is 0 Å². The standard InChI is InChI=1S/C22H29NO2Si/c1-15(2)26(16(3)4,21-10-8-7-9-20(21)24)22-14-17-13-18(25-6)11-12-19(17)23(22)5/h7-16,24H,1-6H3. The molecule has 2 aromatic carbocycles. The van der Waals surface area contributed by atoms with Crippen LogP contribution in [-0.2, 0) is 7.05 Å². The average Bonchev–Trinajstić information content (AvgIpc) is 2.93. The van der Waals surface area contributed by atoms with E-state index in [0.29, 0.717) is 16.8 Å². The molecule has 0 aliphatic rings. The number of phenolic OH excluding ortho intramolecular Hbond substituents is 1. The van der Waals surface area contributed by atoms with Crippen LogP contribution in [-0.4, -0.2) is 24.9 Å². The second-order valence-corrected chi connectivity index (χ2v) is 12.8. The summed E-state index contributed by atoms with van der Waals surface area (Å²) in [5.41, 5.74) is 2.09. The third-order valence-corrected chi connectivity index (χ3v) is 12.1. The first-order valence-electron chi connectivity index (χ1n) is 9.26. The van der Waals surface area contributed by atoms with Gasteiger partial charge in [0.1, 0.15) is 19.6 Å². The Morgan fingerprint density at radius 1 is 0.962 bits per heavy atom. The number of rotatable bonds is 5. The van der Waals surface area contributed by atoms with E-state index in [2.05, 4.69) is 63.6 Å². The van der Waals surface area contributed by atoms with Gasteiger partial charge in [-0.3, -0.25) is 0 Å². The number of nitrogens with zero attached hydrogens (tertiary/aromatic N) is 1. The first-order valence-corrected chi connectivity index (χ1v) is 11.4. The van der Waals surface area contributed by atoms with Crippen LogP contribution in [0.25, 0.3) is 10.9 Å². The fraction of sp³-hybridized carbons (Fsp3) is 0.364. The fourth-order valence-electron chi connectivity index (χ4n) is 4.69. The fourth-order valence-corrected chi connectivity index (χ4v) is 10.7. The predicted octanol–water partition coefficient (Wildman–Crippen LogP) is 4.28. The molecule has 1 aromatic heterocycles. The van der Waals surface area contributed by atoms with E-state index in [4.69, 9.17) is 4.74 Å². The number of para-hydroxylation sites is 1. The average molecular weight is 368 g/mol. The minimum Gasteiger partial charge on any atom is -0.508 e. The van der Waals surface area contributed by atoms with Crippen molar-refractivity contribution in [2.45, 2.75) is 38.8 Å². The Hall–Kier alpha value is -2.20. The van der Waals surface area contributed by atoms with Gasteiger partial charge in [0.2, 0.25) is 0 Å². The zero-order valence-corrected chi connectivity index (χ0v) is 17.6. The van der Waals surface area contributed by atoms with Crippen LogP contribution in [0, 0.1) is 0 Å². The summed E-state index contributed by atoms with van der Waals surface area (Å²) in [6, 6.07) is 16.5. The van der Waals surface area contributed by atoms with Crippen LogP contribution in [0.2, 0.25) is 11.1 Å². The number of phenols is 1. The third-order valence-electron chi connectivity index (χ3n) is 5.84. The normalized spacial score (nSPS) is 12.3. The molecule has 0 bridgehead atoms. The lowest BCUT2D eigenvalue weighted by Crippen LogP contribution is -2.64. The molecule has 0 aliphatic heterocycles. The maximum absolute atomic E-state index is 10.8. The van der Waals surface area contributed by atoms with Gasteiger partial charge < -0.3 is 14.4 Å². The molecular weight excluding hydrogens is 338 g/mol. The number of fused-ring (bicyclic) bond motifs is 1. The van der Waals surface area contributed by atoms with Crippen LogP contribution >= 0.6 is 0 Å². The van der Waals surface area contributed by atoms with Crippen molar-refractivity contribution in [1.29, 1.82) is 0 Å². The molecule has 0 atom stereocenters. The molecule has 0 amide bonds. The molecule has 0 aliphatic carbocycles. The van der Waals surface area contributed by atoms with Crippen molar-refractivity contribution in [3.05, 3.63) is 48.5 Å². The van der Waals surface area contributed by atoms with Crippen LogP contribution in [0.15, 0.2) is 48.5 Å². The zero-order valence-electron chi connectivity index (χ0n) is 16.6. The molecule has 0 unspecified atom stereocenters. The van der Waals surface area contributed by atoms with E-state index in [-0.39, 0.29) is 0 Å². The van der Waals surface area contributed by atoms with E-state index >= 15 is 0 Å². The van der Waals surface area contributed by atoms with E-state index in [1.807, 2.05) is 24.3 Å². The molecule has 0 radical (unpaired) electrons. The number of ether oxygens (including phenoxy) is 1. The molecule has 1 heterocycles. The number of methoxy groups -OCH3 is 1. The number of hydrogen-bond donors (Lipinski definition) is 1. The summed E-state index contributed by atoms with van der Waals surface area (Å²) in [6.07, 6.45) is 0. The molecule has 0 saturated carbocycles. The highest BCUT2D eigenvalue weighted by molar-refractivity contribution is 7.04. The van der Waals surface area contributed by atoms with Crippen molar-refractivity contribution in [3.8, 4) is 11.5 Å². The van der Waals surface area contributed by atoms with Gasteiger partial charge in [-0.25, -0.2) is 0 Å². The van der Waals surface area contributed by atoms with E-state index in [9.17, 15) is 5.11 Å². The zero-order chi connectivity index (χ0) is 19.1. The summed E-state index contributed by atoms with van der Waals surface area (Å²) < 4.78 is 7.74. The highest BCUT2D eigenvalue weighted by atomic mass is 28.3. The highest BCUT2D eigenvalue weighted by Crippen LogP contribution is 2.35. The van der Waals surface area contributed by atoms with Crippen molar-refractivity contribution in [2.24, 2.45) is 7.05 Å². The van der Waals surface area contributed by atoms with Gasteiger partial charge in [-0.2, -0.15) is 0 Å². The summed E-state index contributed by atoms with van der Waals surface area (Å²) in [5.74, 6) is 1.29. The summed E-state index contributed by atoms with van der Waals surface area (Å²) in [6.45, 7) is 9.21. The smallest absolute Gasteiger partial charge is 0.148 e. The Morgan fingerprint density at radius 2 is 1.62 bits per heavy atom. The Balaban J connectivity index is 2.38. The van der Waals surface area contributed by atoms with Gasteiger partial charge in [0, 0.05) is 23.3 Å². The summed E-state index contributed by atoms with van der Waals surface area (Å²) in [5, 5.41) is 14.4. The Bertz CT molecular complexity index is 919. The van der Waals surface area contributed by atoms with E-state index in [0.717, 1.165) is 10.9 Å². The van der Waals surface area contributed by atoms with Crippen molar-refractivity contribution in [2.75, 3.05) is 7.11 Å². The largest absolute Gasteiger partial charge is 0.508 e. The molecular formula is C22H29NO2Si. The van der Waals surface area contributed by atoms with Crippen molar-refractivity contribution < 1.29 is 9.84 Å². The molecule has 1 N–H and O–H groups in total. The van der Waals surface area contributed by atoms with E-state index in [1.54, 1.807) is 7.11 Å². The number of aryl methyl sites for hydroxylation is 1. The van der Waals surface area contributed by atoms with Gasteiger partial charge in [-0.05, 0) is 46.6 Å². The molecule has 3 nitrogen and oxygen atoms in total. The summed E-state index contributed by atoms with van der Waals surface area (Å²) >= 11 is 0. The van der Waals surface area contributed by atoms with Crippen molar-refractivity contribution in [1.82, 2.24) is 4.57 Å². The molecule has 26 heavy (non-hydrogen) atoms. The SMILES string of the molecule is COc1ccc2c(c1)cc([Si](c1ccccc1O)(C(C)C)C(C)C)n2C. The van der Waals surface area contributed by atoms with Gasteiger partial charge in [0.25, 0.3) is 0 Å². The van der Waals surface area contributed by atoms with Crippen LogP contribution in [0.3, 0.4) is 0 Å². The highest BCUT2D eigenvalue weighted by Gasteiger charge is 2.47. The van der Waals surface area contributed by atoms with Gasteiger partial charge in [-0.15, -0.1) is 0 Å². The number of aromatic hydroxyl groups is 1. The summed E-state index contributed by atoms with van der Waals surface area (Å²) in [4.78, 5) is 0. The topological polar surface area (TPSA) is 34.4 Å². The molecule has 3 rings (SSSR count). The molecule has 138 valence electrons. The van der Waals surface area contributed by atoms with Gasteiger partial charge >= 0.3 is 0 Å². The lowest BCUT2D eigenvalue weighted by Gasteiger charge is -2.40. The first kappa shape index (κ1) is 18.6. The maximum Gasteiger partial charge on any atom is 0.148 e. The van der Waals surface area contributed by atoms with Crippen LogP contribution in [0.5, 0.6) is 11.5 Å². The molecule has 0 fully saturated rings. The van der Waals surface area contributed by atoms with Crippen LogP contribution in [0.1, 0.15) is 27.7 Å². The van der Waals surface area contributed by atoms with Crippen molar-refractivity contribution in [3.63, 3.8) is 0 Å². The second-order valence-electron chi connectivity index (χ2n) is 7.71. The number of aromatic nitrogens is 1. The van der Waals surface area contributed by atoms with Gasteiger partial charge in [0.05, 0.1) is 7.11 Å². The van der Waals surface area contributed by atoms with Gasteiger partial charge in [-0.1, -0.05) is 45.9 Å². The minimum atomic E-state index is -2.23. The Kier molecular flexibility index (Phi) is 4.89. The third kappa shape index (κ3) is 2.64. The lowest BCUT2D eigenvalue weighted by molar-refractivity contribution is 0.415. The number of benzene rings is 2. The maximum atomic E-state index is 10.8. The van der Waals surface area contributed by atoms with Gasteiger partial charge in [0.15, 0.2) is 0 Å². The Labute approximate surface area is 157 Å². The van der Waals surface area contributed by atoms with E-state index in [1.165, 1.54) is 16.2 Å². The van der Waals surface area contributed by atoms with Crippen LogP contribution < -0.4 is 15.2 Å². The molecule has 0 spiro atoms. The Morgan fingerprint density at radius 3 is 2.19 bits per heavy atom. The summed E-state index contributed by atoms with van der Waals surface area (Å²) in [7, 11) is 1.62. The minimum absolute atomic E-state index is 0.421. The second kappa shape index (κ2) is 6.84. The molecule has 0 saturated heterocycles. The molecule has 4 heteroatoms. The van der Waals surface area contributed by atoms with Crippen molar-refractivity contribution >= 4 is 29.5 Å². The predicted molar refractivity (Wildman–Crippen MR) is 113 cm³/mol. The molecule has 3 aromatic rings. The number of hydrogen-bond acceptors (Lipinski definition) is 2. The quantitative estimate of drug-likeness (QED) is 0.683. The van der Waals surface area contributed by atoms with E-state index < -0.39 is 8.07 Å². The monoisotopic (exact) mass is 367 g/mol.